The Labute approximate surface area is 183 Å². The number of para-hydroxylation sites is 1. The molecule has 8 heteroatoms. The van der Waals surface area contributed by atoms with E-state index in [-0.39, 0.29) is 4.91 Å². The Morgan fingerprint density at radius 1 is 1.26 bits per heavy atom. The first kappa shape index (κ1) is 20.4. The van der Waals surface area contributed by atoms with Gasteiger partial charge in [-0.05, 0) is 35.5 Å². The van der Waals surface area contributed by atoms with E-state index in [1.807, 2.05) is 60.2 Å². The number of nitriles is 1. The van der Waals surface area contributed by atoms with Gasteiger partial charge in [-0.25, -0.2) is 9.78 Å². The van der Waals surface area contributed by atoms with Gasteiger partial charge in [-0.15, -0.1) is 5.10 Å². The zero-order valence-corrected chi connectivity index (χ0v) is 17.6. The Balaban J connectivity index is 1.74. The summed E-state index contributed by atoms with van der Waals surface area (Å²) in [5.41, 5.74) is 3.26. The summed E-state index contributed by atoms with van der Waals surface area (Å²) in [7, 11) is 0. The maximum absolute atomic E-state index is 11.9. The molecule has 0 amide bonds. The molecule has 0 aliphatic rings. The number of hydrogen-bond acceptors (Lipinski definition) is 5. The van der Waals surface area contributed by atoms with Gasteiger partial charge < -0.3 is 9.67 Å². The number of nitrogens with zero attached hydrogens (tertiary/aromatic N) is 4. The fourth-order valence-corrected chi connectivity index (χ4v) is 4.04. The minimum Gasteiger partial charge on any atom is -0.477 e. The monoisotopic (exact) mass is 429 g/mol. The highest BCUT2D eigenvalue weighted by Gasteiger charge is 2.16. The number of aryl methyl sites for hydroxylation is 1. The number of hydrogen-bond donors (Lipinski definition) is 2. The zero-order valence-electron chi connectivity index (χ0n) is 16.7. The van der Waals surface area contributed by atoms with Crippen LogP contribution in [-0.4, -0.2) is 30.8 Å². The van der Waals surface area contributed by atoms with Crippen molar-refractivity contribution in [2.45, 2.75) is 25.0 Å². The van der Waals surface area contributed by atoms with Crippen molar-refractivity contribution in [3.8, 4) is 6.07 Å². The van der Waals surface area contributed by atoms with Gasteiger partial charge in [0.1, 0.15) is 10.7 Å². The molecule has 2 heterocycles. The number of rotatable bonds is 7. The van der Waals surface area contributed by atoms with Crippen LogP contribution in [0.4, 0.5) is 0 Å². The molecule has 0 fully saturated rings. The van der Waals surface area contributed by atoms with Crippen LogP contribution >= 0.6 is 11.8 Å². The second-order valence-electron chi connectivity index (χ2n) is 6.83. The van der Waals surface area contributed by atoms with E-state index in [1.54, 1.807) is 12.1 Å². The number of nitrogens with one attached hydrogen (secondary N) is 1. The Hall–Kier alpha value is -3.83. The van der Waals surface area contributed by atoms with Crippen LogP contribution in [0, 0.1) is 11.3 Å². The summed E-state index contributed by atoms with van der Waals surface area (Å²) in [6.07, 6.45) is 4.25. The summed E-state index contributed by atoms with van der Waals surface area (Å²) < 4.78 is 2.03. The van der Waals surface area contributed by atoms with Crippen molar-refractivity contribution >= 4 is 34.7 Å². The van der Waals surface area contributed by atoms with Crippen LogP contribution in [0.1, 0.15) is 29.4 Å². The molecular formula is C23H19N5O2S. The topological polar surface area (TPSA) is 108 Å². The van der Waals surface area contributed by atoms with Crippen molar-refractivity contribution in [2.75, 3.05) is 0 Å². The first-order chi connectivity index (χ1) is 15.1. The van der Waals surface area contributed by atoms with Crippen LogP contribution in [0.2, 0.25) is 0 Å². The molecule has 0 saturated carbocycles. The number of carboxylic acid groups (broad SMARTS) is 1. The minimum absolute atomic E-state index is 0.127. The third-order valence-corrected chi connectivity index (χ3v) is 5.72. The van der Waals surface area contributed by atoms with E-state index in [2.05, 4.69) is 21.3 Å². The van der Waals surface area contributed by atoms with Gasteiger partial charge in [0.15, 0.2) is 0 Å². The lowest BCUT2D eigenvalue weighted by molar-refractivity contribution is -0.131. The van der Waals surface area contributed by atoms with Gasteiger partial charge in [0.25, 0.3) is 0 Å². The summed E-state index contributed by atoms with van der Waals surface area (Å²) in [6.45, 7) is 2.46. The molecule has 0 radical (unpaired) electrons. The van der Waals surface area contributed by atoms with Gasteiger partial charge >= 0.3 is 5.97 Å². The maximum Gasteiger partial charge on any atom is 0.342 e. The van der Waals surface area contributed by atoms with E-state index in [4.69, 9.17) is 0 Å². The summed E-state index contributed by atoms with van der Waals surface area (Å²) >= 11 is 1.01. The van der Waals surface area contributed by atoms with Crippen molar-refractivity contribution in [3.05, 3.63) is 82.1 Å². The number of aromatic amines is 1. The lowest BCUT2D eigenvalue weighted by atomic mass is 10.1. The van der Waals surface area contributed by atoms with E-state index in [1.165, 1.54) is 0 Å². The average Bonchev–Trinajstić information content (AvgIpc) is 3.38. The molecule has 0 saturated heterocycles. The number of fused-ring (bicyclic) bond motifs is 1. The van der Waals surface area contributed by atoms with Gasteiger partial charge in [0, 0.05) is 35.6 Å². The van der Waals surface area contributed by atoms with Gasteiger partial charge in [0.05, 0.1) is 11.6 Å². The van der Waals surface area contributed by atoms with Crippen LogP contribution < -0.4 is 0 Å². The largest absolute Gasteiger partial charge is 0.477 e. The highest BCUT2D eigenvalue weighted by atomic mass is 32.2. The molecule has 4 rings (SSSR count). The van der Waals surface area contributed by atoms with Crippen LogP contribution in [-0.2, 0) is 17.8 Å². The second-order valence-corrected chi connectivity index (χ2v) is 7.84. The third kappa shape index (κ3) is 4.37. The number of H-pyrrole nitrogens is 1. The Kier molecular flexibility index (Phi) is 5.87. The predicted molar refractivity (Wildman–Crippen MR) is 119 cm³/mol. The number of benzene rings is 2. The van der Waals surface area contributed by atoms with Gasteiger partial charge in [0.2, 0.25) is 5.16 Å². The Bertz CT molecular complexity index is 1330. The van der Waals surface area contributed by atoms with Crippen molar-refractivity contribution in [2.24, 2.45) is 0 Å². The molecule has 7 nitrogen and oxygen atoms in total. The number of aliphatic carboxylic acids is 1. The zero-order chi connectivity index (χ0) is 21.8. The fourth-order valence-electron chi connectivity index (χ4n) is 3.33. The summed E-state index contributed by atoms with van der Waals surface area (Å²) in [4.78, 5) is 16.3. The molecule has 4 aromatic rings. The van der Waals surface area contributed by atoms with Crippen molar-refractivity contribution in [1.82, 2.24) is 19.7 Å². The number of thioether (sulfide) groups is 1. The maximum atomic E-state index is 11.9. The van der Waals surface area contributed by atoms with E-state index in [0.29, 0.717) is 29.5 Å². The molecule has 31 heavy (non-hydrogen) atoms. The van der Waals surface area contributed by atoms with Crippen LogP contribution in [0.3, 0.4) is 0 Å². The molecule has 0 unspecified atom stereocenters. The van der Waals surface area contributed by atoms with Gasteiger partial charge in [-0.2, -0.15) is 5.26 Å². The van der Waals surface area contributed by atoms with Crippen molar-refractivity contribution in [1.29, 1.82) is 5.26 Å². The Morgan fingerprint density at radius 2 is 2.03 bits per heavy atom. The summed E-state index contributed by atoms with van der Waals surface area (Å²) in [5.74, 6) is -0.334. The fraction of sp³-hybridized carbons (Fsp3) is 0.130. The first-order valence-electron chi connectivity index (χ1n) is 9.69. The number of aromatic nitrogens is 4. The molecule has 0 spiro atoms. The standard InChI is InChI=1S/C23H19N5O2S/c1-2-21-25-23(27-26-21)31-20(22(29)30)11-17-14-28(19-10-6-5-9-18(17)19)13-16-8-4-3-7-15(16)12-24/h3-11,14H,2,13H2,1H3,(H,29,30)(H,25,26,27)/b20-11-. The SMILES string of the molecule is CCc1nc(S/C(=C\c2cn(Cc3ccccc3C#N)c3ccccc23)C(=O)O)n[nH]1. The third-order valence-electron chi connectivity index (χ3n) is 4.84. The normalized spacial score (nSPS) is 11.5. The van der Waals surface area contributed by atoms with Crippen LogP contribution in [0.5, 0.6) is 0 Å². The van der Waals surface area contributed by atoms with E-state index in [0.717, 1.165) is 33.8 Å². The lowest BCUT2D eigenvalue weighted by Gasteiger charge is -2.07. The molecule has 154 valence electrons. The molecule has 2 aromatic carbocycles. The predicted octanol–water partition coefficient (Wildman–Crippen LogP) is 4.46. The minimum atomic E-state index is -1.04. The van der Waals surface area contributed by atoms with Crippen molar-refractivity contribution in [3.63, 3.8) is 0 Å². The highest BCUT2D eigenvalue weighted by molar-refractivity contribution is 8.04. The average molecular weight is 430 g/mol. The molecule has 2 N–H and O–H groups in total. The van der Waals surface area contributed by atoms with E-state index in [9.17, 15) is 15.2 Å². The lowest BCUT2D eigenvalue weighted by Crippen LogP contribution is -2.00. The summed E-state index contributed by atoms with van der Waals surface area (Å²) in [6, 6.07) is 17.5. The molecule has 2 aromatic heterocycles. The quantitative estimate of drug-likeness (QED) is 0.332. The number of carbonyl (C=O) groups is 1. The molecule has 0 aliphatic carbocycles. The molecule has 0 atom stereocenters. The molecular weight excluding hydrogens is 410 g/mol. The van der Waals surface area contributed by atoms with Gasteiger partial charge in [-0.1, -0.05) is 43.3 Å². The van der Waals surface area contributed by atoms with E-state index >= 15 is 0 Å². The smallest absolute Gasteiger partial charge is 0.342 e. The number of carboxylic acids is 1. The molecule has 0 bridgehead atoms. The van der Waals surface area contributed by atoms with Crippen LogP contribution in [0.25, 0.3) is 17.0 Å². The van der Waals surface area contributed by atoms with Gasteiger partial charge in [-0.3, -0.25) is 5.10 Å². The van der Waals surface area contributed by atoms with Crippen molar-refractivity contribution < 1.29 is 9.90 Å². The van der Waals surface area contributed by atoms with E-state index < -0.39 is 5.97 Å². The summed E-state index contributed by atoms with van der Waals surface area (Å²) in [5, 5.41) is 27.3. The first-order valence-corrected chi connectivity index (χ1v) is 10.5. The highest BCUT2D eigenvalue weighted by Crippen LogP contribution is 2.30. The van der Waals surface area contributed by atoms with Crippen LogP contribution in [0.15, 0.2) is 64.8 Å². The molecule has 0 aliphatic heterocycles. The second kappa shape index (κ2) is 8.90. The Morgan fingerprint density at radius 3 is 2.77 bits per heavy atom.